The molecule has 0 unspecified atom stereocenters. The van der Waals surface area contributed by atoms with Gasteiger partial charge in [0.05, 0.1) is 0 Å². The van der Waals surface area contributed by atoms with Crippen LogP contribution in [0, 0.1) is 0 Å². The zero-order valence-electron chi connectivity index (χ0n) is 16.2. The predicted molar refractivity (Wildman–Crippen MR) is 114 cm³/mol. The van der Waals surface area contributed by atoms with Crippen molar-refractivity contribution in [2.75, 3.05) is 28.6 Å². The van der Waals surface area contributed by atoms with Crippen LogP contribution in [0.1, 0.15) is 18.9 Å². The first-order valence-electron chi connectivity index (χ1n) is 9.82. The monoisotopic (exact) mass is 386 g/mol. The molecule has 29 heavy (non-hydrogen) atoms. The van der Waals surface area contributed by atoms with Gasteiger partial charge in [0.2, 0.25) is 5.95 Å². The van der Waals surface area contributed by atoms with Crippen LogP contribution in [-0.4, -0.2) is 37.4 Å². The number of hydrogen-bond donors (Lipinski definition) is 2. The van der Waals surface area contributed by atoms with Gasteiger partial charge in [-0.15, -0.1) is 0 Å². The van der Waals surface area contributed by atoms with Gasteiger partial charge in [-0.05, 0) is 36.6 Å². The van der Waals surface area contributed by atoms with Crippen molar-refractivity contribution in [2.24, 2.45) is 0 Å². The Morgan fingerprint density at radius 3 is 2.69 bits per heavy atom. The normalized spacial score (nSPS) is 13.3. The summed E-state index contributed by atoms with van der Waals surface area (Å²) >= 11 is 0. The van der Waals surface area contributed by atoms with Crippen LogP contribution in [-0.2, 0) is 6.42 Å². The summed E-state index contributed by atoms with van der Waals surface area (Å²) in [5.74, 6) is 2.91. The van der Waals surface area contributed by atoms with E-state index >= 15 is 0 Å². The molecule has 8 heteroatoms. The second-order valence-corrected chi connectivity index (χ2v) is 7.04. The second-order valence-electron chi connectivity index (χ2n) is 7.04. The summed E-state index contributed by atoms with van der Waals surface area (Å²) in [6.07, 6.45) is 9.62. The van der Waals surface area contributed by atoms with Crippen molar-refractivity contribution in [1.82, 2.24) is 24.3 Å². The average Bonchev–Trinajstić information content (AvgIpc) is 3.14. The third-order valence-electron chi connectivity index (χ3n) is 5.04. The smallest absolute Gasteiger partial charge is 0.232 e. The molecule has 0 bridgehead atoms. The lowest BCUT2D eigenvalue weighted by atomic mass is 10.2. The molecule has 0 aliphatic carbocycles. The van der Waals surface area contributed by atoms with Crippen molar-refractivity contribution in [3.05, 3.63) is 60.7 Å². The minimum absolute atomic E-state index is 0.527. The van der Waals surface area contributed by atoms with E-state index in [4.69, 9.17) is 4.98 Å². The highest BCUT2D eigenvalue weighted by Gasteiger charge is 2.18. The Labute approximate surface area is 168 Å². The lowest BCUT2D eigenvalue weighted by molar-refractivity contribution is 0.609. The van der Waals surface area contributed by atoms with Gasteiger partial charge >= 0.3 is 0 Å². The highest BCUT2D eigenvalue weighted by atomic mass is 15.3. The van der Waals surface area contributed by atoms with Crippen LogP contribution >= 0.6 is 0 Å². The van der Waals surface area contributed by atoms with Gasteiger partial charge in [0.15, 0.2) is 0 Å². The molecule has 4 aromatic rings. The first-order valence-corrected chi connectivity index (χ1v) is 9.82. The molecule has 1 saturated heterocycles. The number of anilines is 5. The minimum Gasteiger partial charge on any atom is -0.356 e. The van der Waals surface area contributed by atoms with Gasteiger partial charge in [-0.2, -0.15) is 9.97 Å². The van der Waals surface area contributed by atoms with E-state index in [0.717, 1.165) is 48.3 Å². The van der Waals surface area contributed by atoms with Gasteiger partial charge in [0.25, 0.3) is 0 Å². The molecule has 5 heterocycles. The van der Waals surface area contributed by atoms with E-state index in [1.54, 1.807) is 12.4 Å². The predicted octanol–water partition coefficient (Wildman–Crippen LogP) is 3.78. The lowest BCUT2D eigenvalue weighted by Gasteiger charge is -2.32. The Balaban J connectivity index is 1.46. The summed E-state index contributed by atoms with van der Waals surface area (Å²) < 4.78 is 1.97. The van der Waals surface area contributed by atoms with Crippen LogP contribution in [0.15, 0.2) is 55.1 Å². The molecular formula is C21H22N8. The maximum absolute atomic E-state index is 4.70. The number of pyridine rings is 2. The SMILES string of the molecule is CCc1ccnc(Nc2nc(Nc3ccn4ccnc4c3)cc(N3CCC3)n2)c1. The fourth-order valence-corrected chi connectivity index (χ4v) is 3.27. The molecule has 0 amide bonds. The topological polar surface area (TPSA) is 83.3 Å². The second kappa shape index (κ2) is 7.38. The number of rotatable bonds is 6. The van der Waals surface area contributed by atoms with Gasteiger partial charge < -0.3 is 19.9 Å². The third-order valence-corrected chi connectivity index (χ3v) is 5.04. The van der Waals surface area contributed by atoms with Crippen LogP contribution in [0.25, 0.3) is 5.65 Å². The average molecular weight is 386 g/mol. The molecular weight excluding hydrogens is 364 g/mol. The van der Waals surface area contributed by atoms with Crippen LogP contribution in [0.2, 0.25) is 0 Å². The zero-order chi connectivity index (χ0) is 19.6. The lowest BCUT2D eigenvalue weighted by Crippen LogP contribution is -2.37. The molecule has 5 rings (SSSR count). The number of hydrogen-bond acceptors (Lipinski definition) is 7. The van der Waals surface area contributed by atoms with Crippen molar-refractivity contribution in [2.45, 2.75) is 19.8 Å². The highest BCUT2D eigenvalue weighted by Crippen LogP contribution is 2.26. The van der Waals surface area contributed by atoms with Crippen molar-refractivity contribution in [1.29, 1.82) is 0 Å². The van der Waals surface area contributed by atoms with Crippen molar-refractivity contribution in [3.8, 4) is 0 Å². The summed E-state index contributed by atoms with van der Waals surface area (Å²) in [6, 6.07) is 10.0. The third kappa shape index (κ3) is 3.69. The van der Waals surface area contributed by atoms with E-state index in [0.29, 0.717) is 5.95 Å². The molecule has 0 atom stereocenters. The largest absolute Gasteiger partial charge is 0.356 e. The molecule has 146 valence electrons. The summed E-state index contributed by atoms with van der Waals surface area (Å²) in [4.78, 5) is 20.3. The molecule has 4 aromatic heterocycles. The maximum atomic E-state index is 4.70. The van der Waals surface area contributed by atoms with Crippen LogP contribution in [0.5, 0.6) is 0 Å². The fourth-order valence-electron chi connectivity index (χ4n) is 3.27. The van der Waals surface area contributed by atoms with Gasteiger partial charge in [-0.3, -0.25) is 0 Å². The fraction of sp³-hybridized carbons (Fsp3) is 0.238. The summed E-state index contributed by atoms with van der Waals surface area (Å²) in [7, 11) is 0. The zero-order valence-corrected chi connectivity index (χ0v) is 16.2. The van der Waals surface area contributed by atoms with E-state index in [-0.39, 0.29) is 0 Å². The van der Waals surface area contributed by atoms with Crippen LogP contribution in [0.3, 0.4) is 0 Å². The summed E-state index contributed by atoms with van der Waals surface area (Å²) in [5, 5.41) is 6.64. The number of imidazole rings is 1. The molecule has 0 spiro atoms. The first kappa shape index (κ1) is 17.4. The van der Waals surface area contributed by atoms with Gasteiger partial charge in [0.1, 0.15) is 23.1 Å². The first-order chi connectivity index (χ1) is 14.3. The van der Waals surface area contributed by atoms with Gasteiger partial charge in [-0.1, -0.05) is 6.92 Å². The summed E-state index contributed by atoms with van der Waals surface area (Å²) in [6.45, 7) is 4.15. The maximum Gasteiger partial charge on any atom is 0.232 e. The van der Waals surface area contributed by atoms with E-state index in [9.17, 15) is 0 Å². The Hall–Kier alpha value is -3.68. The number of fused-ring (bicyclic) bond motifs is 1. The van der Waals surface area contributed by atoms with Crippen LogP contribution < -0.4 is 15.5 Å². The van der Waals surface area contributed by atoms with E-state index < -0.39 is 0 Å². The molecule has 8 nitrogen and oxygen atoms in total. The quantitative estimate of drug-likeness (QED) is 0.522. The molecule has 2 N–H and O–H groups in total. The standard InChI is InChI=1S/C21H22N8/c1-2-15-4-6-22-17(12-15)25-21-26-18(14-20(27-21)28-8-3-9-28)24-16-5-10-29-11-7-23-19(29)13-16/h4-7,10-14H,2-3,8-9H2,1H3,(H2,22,24,25,26,27). The number of nitrogens with zero attached hydrogens (tertiary/aromatic N) is 6. The van der Waals surface area contributed by atoms with Crippen molar-refractivity contribution >= 4 is 34.7 Å². The molecule has 1 fully saturated rings. The molecule has 0 saturated carbocycles. The number of aromatic nitrogens is 5. The number of aryl methyl sites for hydroxylation is 1. The van der Waals surface area contributed by atoms with E-state index in [1.807, 2.05) is 47.1 Å². The van der Waals surface area contributed by atoms with Gasteiger partial charge in [0, 0.05) is 55.7 Å². The van der Waals surface area contributed by atoms with E-state index in [2.05, 4.69) is 37.4 Å². The Morgan fingerprint density at radius 1 is 0.931 bits per heavy atom. The highest BCUT2D eigenvalue weighted by molar-refractivity contribution is 5.66. The number of nitrogens with one attached hydrogen (secondary N) is 2. The molecule has 1 aliphatic heterocycles. The van der Waals surface area contributed by atoms with Gasteiger partial charge in [-0.25, -0.2) is 9.97 Å². The van der Waals surface area contributed by atoms with Crippen LogP contribution in [0.4, 0.5) is 29.1 Å². The Bertz CT molecular complexity index is 1150. The Morgan fingerprint density at radius 2 is 1.86 bits per heavy atom. The molecule has 0 radical (unpaired) electrons. The van der Waals surface area contributed by atoms with Crippen molar-refractivity contribution < 1.29 is 0 Å². The molecule has 0 aromatic carbocycles. The summed E-state index contributed by atoms with van der Waals surface area (Å²) in [5.41, 5.74) is 3.02. The van der Waals surface area contributed by atoms with E-state index in [1.165, 1.54) is 12.0 Å². The van der Waals surface area contributed by atoms with Crippen molar-refractivity contribution in [3.63, 3.8) is 0 Å². The Kier molecular flexibility index (Phi) is 4.44. The molecule has 1 aliphatic rings. The minimum atomic E-state index is 0.527.